The summed E-state index contributed by atoms with van der Waals surface area (Å²) in [5, 5.41) is 9.57. The molecule has 1 aromatic rings. The predicted octanol–water partition coefficient (Wildman–Crippen LogP) is 2.11. The van der Waals surface area contributed by atoms with Crippen molar-refractivity contribution in [1.82, 2.24) is 9.88 Å². The van der Waals surface area contributed by atoms with Crippen LogP contribution in [-0.2, 0) is 10.3 Å². The maximum Gasteiger partial charge on any atom is 0.328 e. The van der Waals surface area contributed by atoms with Crippen molar-refractivity contribution in [1.29, 1.82) is 0 Å². The summed E-state index contributed by atoms with van der Waals surface area (Å²) in [5.74, 6) is -0.834. The van der Waals surface area contributed by atoms with Gasteiger partial charge >= 0.3 is 5.97 Å². The number of aliphatic carboxylic acids is 1. The normalized spacial score (nSPS) is 14.9. The van der Waals surface area contributed by atoms with Crippen molar-refractivity contribution in [2.45, 2.75) is 39.3 Å². The second-order valence-electron chi connectivity index (χ2n) is 4.49. The Morgan fingerprint density at radius 1 is 1.47 bits per heavy atom. The molecule has 0 aliphatic carbocycles. The average Bonchev–Trinajstić information content (AvgIpc) is 2.30. The van der Waals surface area contributed by atoms with Crippen LogP contribution in [0.3, 0.4) is 0 Å². The standard InChI is InChI=1S/C13H20N2O2/c1-5-15(10(2)3)13(4,12(16)17)11-6-8-14-9-7-11/h6-10H,5H2,1-4H3,(H,16,17). The molecule has 4 heteroatoms. The van der Waals surface area contributed by atoms with E-state index in [0.29, 0.717) is 6.54 Å². The van der Waals surface area contributed by atoms with Gasteiger partial charge in [0.05, 0.1) is 0 Å². The molecule has 0 aromatic carbocycles. The summed E-state index contributed by atoms with van der Waals surface area (Å²) in [6, 6.07) is 3.69. The number of hydrogen-bond acceptors (Lipinski definition) is 3. The van der Waals surface area contributed by atoms with Gasteiger partial charge in [-0.1, -0.05) is 6.92 Å². The Balaban J connectivity index is 3.27. The summed E-state index contributed by atoms with van der Waals surface area (Å²) in [7, 11) is 0. The molecule has 1 heterocycles. The van der Waals surface area contributed by atoms with Crippen LogP contribution in [0, 0.1) is 0 Å². The van der Waals surface area contributed by atoms with Crippen LogP contribution < -0.4 is 0 Å². The number of carboxylic acid groups (broad SMARTS) is 1. The smallest absolute Gasteiger partial charge is 0.328 e. The van der Waals surface area contributed by atoms with Gasteiger partial charge in [-0.15, -0.1) is 0 Å². The third kappa shape index (κ3) is 2.47. The summed E-state index contributed by atoms with van der Waals surface area (Å²) in [6.45, 7) is 8.41. The van der Waals surface area contributed by atoms with E-state index in [0.717, 1.165) is 5.56 Å². The summed E-state index contributed by atoms with van der Waals surface area (Å²) in [5.41, 5.74) is -0.248. The Morgan fingerprint density at radius 3 is 2.35 bits per heavy atom. The molecular weight excluding hydrogens is 216 g/mol. The molecule has 1 atom stereocenters. The van der Waals surface area contributed by atoms with E-state index in [1.807, 2.05) is 25.7 Å². The van der Waals surface area contributed by atoms with Crippen LogP contribution >= 0.6 is 0 Å². The van der Waals surface area contributed by atoms with Gasteiger partial charge < -0.3 is 5.11 Å². The fourth-order valence-electron chi connectivity index (χ4n) is 2.29. The number of carboxylic acids is 1. The topological polar surface area (TPSA) is 53.4 Å². The van der Waals surface area contributed by atoms with Gasteiger partial charge in [0.25, 0.3) is 0 Å². The van der Waals surface area contributed by atoms with Crippen molar-refractivity contribution in [2.24, 2.45) is 0 Å². The number of carbonyl (C=O) groups is 1. The Hall–Kier alpha value is -1.42. The Kier molecular flexibility index (Phi) is 4.23. The molecule has 4 nitrogen and oxygen atoms in total. The first-order valence-corrected chi connectivity index (χ1v) is 5.85. The summed E-state index contributed by atoms with van der Waals surface area (Å²) >= 11 is 0. The minimum atomic E-state index is -1.01. The molecule has 0 bridgehead atoms. The van der Waals surface area contributed by atoms with Crippen LogP contribution in [0.4, 0.5) is 0 Å². The van der Waals surface area contributed by atoms with E-state index in [9.17, 15) is 9.90 Å². The van der Waals surface area contributed by atoms with Gasteiger partial charge in [0.15, 0.2) is 0 Å². The first-order valence-electron chi connectivity index (χ1n) is 5.85. The first kappa shape index (κ1) is 13.6. The molecule has 1 N–H and O–H groups in total. The number of aromatic nitrogens is 1. The van der Waals surface area contributed by atoms with Crippen molar-refractivity contribution < 1.29 is 9.90 Å². The predicted molar refractivity (Wildman–Crippen MR) is 66.7 cm³/mol. The molecule has 1 unspecified atom stereocenters. The maximum absolute atomic E-state index is 11.7. The molecule has 0 radical (unpaired) electrons. The van der Waals surface area contributed by atoms with Gasteiger partial charge in [0, 0.05) is 18.4 Å². The highest BCUT2D eigenvalue weighted by Gasteiger charge is 2.41. The van der Waals surface area contributed by atoms with Gasteiger partial charge in [0.2, 0.25) is 0 Å². The zero-order valence-corrected chi connectivity index (χ0v) is 10.8. The monoisotopic (exact) mass is 236 g/mol. The molecule has 1 aromatic heterocycles. The van der Waals surface area contributed by atoms with Crippen molar-refractivity contribution >= 4 is 5.97 Å². The molecule has 0 amide bonds. The minimum absolute atomic E-state index is 0.161. The maximum atomic E-state index is 11.7. The lowest BCUT2D eigenvalue weighted by atomic mass is 9.89. The summed E-state index contributed by atoms with van der Waals surface area (Å²) < 4.78 is 0. The molecule has 0 aliphatic rings. The lowest BCUT2D eigenvalue weighted by Crippen LogP contribution is -2.52. The number of rotatable bonds is 5. The Bertz CT molecular complexity index is 378. The molecular formula is C13H20N2O2. The van der Waals surface area contributed by atoms with Crippen LogP contribution in [0.2, 0.25) is 0 Å². The van der Waals surface area contributed by atoms with Crippen LogP contribution in [0.5, 0.6) is 0 Å². The molecule has 17 heavy (non-hydrogen) atoms. The highest BCUT2D eigenvalue weighted by Crippen LogP contribution is 2.29. The lowest BCUT2D eigenvalue weighted by molar-refractivity contribution is -0.152. The second-order valence-corrected chi connectivity index (χ2v) is 4.49. The molecule has 1 rings (SSSR count). The summed E-state index contributed by atoms with van der Waals surface area (Å²) in [4.78, 5) is 17.6. The van der Waals surface area contributed by atoms with Crippen LogP contribution in [0.25, 0.3) is 0 Å². The van der Waals surface area contributed by atoms with Gasteiger partial charge in [-0.2, -0.15) is 0 Å². The number of nitrogens with zero attached hydrogens (tertiary/aromatic N) is 2. The van der Waals surface area contributed by atoms with Crippen LogP contribution in [0.15, 0.2) is 24.5 Å². The van der Waals surface area contributed by atoms with E-state index in [2.05, 4.69) is 4.98 Å². The van der Waals surface area contributed by atoms with E-state index in [-0.39, 0.29) is 6.04 Å². The van der Waals surface area contributed by atoms with Crippen molar-refractivity contribution in [3.63, 3.8) is 0 Å². The fraction of sp³-hybridized carbons (Fsp3) is 0.538. The van der Waals surface area contributed by atoms with E-state index in [4.69, 9.17) is 0 Å². The average molecular weight is 236 g/mol. The zero-order chi connectivity index (χ0) is 13.1. The Labute approximate surface area is 102 Å². The molecule has 94 valence electrons. The quantitative estimate of drug-likeness (QED) is 0.850. The van der Waals surface area contributed by atoms with Gasteiger partial charge in [-0.25, -0.2) is 4.79 Å². The van der Waals surface area contributed by atoms with Crippen LogP contribution in [-0.4, -0.2) is 33.5 Å². The number of pyridine rings is 1. The van der Waals surface area contributed by atoms with Gasteiger partial charge in [0.1, 0.15) is 5.54 Å². The van der Waals surface area contributed by atoms with E-state index in [1.54, 1.807) is 31.5 Å². The van der Waals surface area contributed by atoms with Crippen molar-refractivity contribution in [3.05, 3.63) is 30.1 Å². The fourth-order valence-corrected chi connectivity index (χ4v) is 2.29. The zero-order valence-electron chi connectivity index (χ0n) is 10.8. The molecule has 0 saturated heterocycles. The van der Waals surface area contributed by atoms with Crippen molar-refractivity contribution in [3.8, 4) is 0 Å². The second kappa shape index (κ2) is 5.27. The third-order valence-corrected chi connectivity index (χ3v) is 3.20. The minimum Gasteiger partial charge on any atom is -0.480 e. The number of hydrogen-bond donors (Lipinski definition) is 1. The molecule has 0 spiro atoms. The Morgan fingerprint density at radius 2 is 2.00 bits per heavy atom. The van der Waals surface area contributed by atoms with Gasteiger partial charge in [-0.05, 0) is 45.0 Å². The molecule has 0 fully saturated rings. The number of likely N-dealkylation sites (N-methyl/N-ethyl adjacent to an activating group) is 1. The summed E-state index contributed by atoms with van der Waals surface area (Å²) in [6.07, 6.45) is 3.26. The van der Waals surface area contributed by atoms with E-state index < -0.39 is 11.5 Å². The molecule has 0 aliphatic heterocycles. The first-order chi connectivity index (χ1) is 7.94. The van der Waals surface area contributed by atoms with E-state index in [1.165, 1.54) is 0 Å². The highest BCUT2D eigenvalue weighted by atomic mass is 16.4. The van der Waals surface area contributed by atoms with E-state index >= 15 is 0 Å². The highest BCUT2D eigenvalue weighted by molar-refractivity contribution is 5.80. The largest absolute Gasteiger partial charge is 0.480 e. The van der Waals surface area contributed by atoms with Crippen LogP contribution in [0.1, 0.15) is 33.3 Å². The lowest BCUT2D eigenvalue weighted by Gasteiger charge is -2.40. The van der Waals surface area contributed by atoms with Crippen molar-refractivity contribution in [2.75, 3.05) is 6.54 Å². The van der Waals surface area contributed by atoms with Gasteiger partial charge in [-0.3, -0.25) is 9.88 Å². The third-order valence-electron chi connectivity index (χ3n) is 3.20. The molecule has 0 saturated carbocycles. The SMILES string of the molecule is CCN(C(C)C)C(C)(C(=O)O)c1ccncc1.